The van der Waals surface area contributed by atoms with Gasteiger partial charge in [-0.3, -0.25) is 0 Å². The van der Waals surface area contributed by atoms with Crippen molar-refractivity contribution in [2.45, 2.75) is 0 Å². The normalized spacial score (nSPS) is 12.4. The molecule has 0 fully saturated rings. The molecule has 0 N–H and O–H groups in total. The molecule has 0 unspecified atom stereocenters. The van der Waals surface area contributed by atoms with Crippen LogP contribution in [0.5, 0.6) is 0 Å². The molecule has 5 nitrogen and oxygen atoms in total. The molecule has 2 aliphatic rings. The van der Waals surface area contributed by atoms with Gasteiger partial charge in [0.25, 0.3) is 6.71 Å². The highest BCUT2D eigenvalue weighted by molar-refractivity contribution is 7.00. The second-order valence-corrected chi connectivity index (χ2v) is 28.6. The fraction of sp³-hybridized carbons (Fsp3) is 0. The van der Waals surface area contributed by atoms with Crippen molar-refractivity contribution >= 4 is 123 Å². The maximum absolute atomic E-state index is 2.61. The van der Waals surface area contributed by atoms with E-state index in [9.17, 15) is 0 Å². The summed E-state index contributed by atoms with van der Waals surface area (Å²) in [6.45, 7) is -0.227. The van der Waals surface area contributed by atoms with E-state index >= 15 is 0 Å². The quantitative estimate of drug-likeness (QED) is 0.120. The van der Waals surface area contributed by atoms with E-state index in [4.69, 9.17) is 0 Å². The van der Waals surface area contributed by atoms with Crippen molar-refractivity contribution in [3.8, 4) is 83.8 Å². The lowest BCUT2D eigenvalue weighted by molar-refractivity contribution is 1.15. The minimum absolute atomic E-state index is 0.227. The van der Waals surface area contributed by atoms with Crippen LogP contribution in [0.25, 0.3) is 149 Å². The van der Waals surface area contributed by atoms with Gasteiger partial charge >= 0.3 is 0 Å². The molecule has 22 rings (SSSR count). The van der Waals surface area contributed by atoms with Gasteiger partial charge in [-0.25, -0.2) is 0 Å². The third-order valence-corrected chi connectivity index (χ3v) is 22.8. The van der Waals surface area contributed by atoms with Crippen LogP contribution in [0.3, 0.4) is 0 Å². The Morgan fingerprint density at radius 1 is 0.176 bits per heavy atom. The number of anilines is 6. The highest BCUT2D eigenvalue weighted by Gasteiger charge is 2.45. The molecule has 0 amide bonds. The molecule has 0 aliphatic carbocycles. The summed E-state index contributed by atoms with van der Waals surface area (Å²) in [5.41, 5.74) is 34.4. The Hall–Kier alpha value is -14.2. The topological polar surface area (TPSA) is 21.3 Å². The maximum atomic E-state index is 2.61. The minimum atomic E-state index is -0.227. The SMILES string of the molecule is c1ccc(-c2cccc(-c3ccccc3)c2-c2ccc(N3c4cc(-n5c6ccccc6c6ccccc65)ccc4B4c5ccc(-n6c7ccccc7c7ccccc76)cc5N(c5ccc(-c6c(-c7ccccc7)cccc6-c6ccccc6)cc5)c5cc(-n6c7ccccc7c7ccccc76)cc3c54)cc2)cc1. The second kappa shape index (κ2) is 24.7. The van der Waals surface area contributed by atoms with E-state index < -0.39 is 0 Å². The van der Waals surface area contributed by atoms with E-state index in [0.717, 1.165) is 95.4 Å². The molecule has 5 heterocycles. The molecule has 108 heavy (non-hydrogen) atoms. The number of para-hydroxylation sites is 6. The van der Waals surface area contributed by atoms with E-state index in [-0.39, 0.29) is 6.71 Å². The first-order valence-corrected chi connectivity index (χ1v) is 37.3. The first-order chi connectivity index (χ1) is 53.6. The molecule has 6 heteroatoms. The summed E-state index contributed by atoms with van der Waals surface area (Å²) in [5.74, 6) is 0. The average Bonchev–Trinajstić information content (AvgIpc) is 0.744. The second-order valence-electron chi connectivity index (χ2n) is 28.6. The molecular formula is C102H66BN5. The van der Waals surface area contributed by atoms with Gasteiger partial charge in [0.05, 0.1) is 38.8 Å². The number of benzene rings is 17. The van der Waals surface area contributed by atoms with E-state index in [1.54, 1.807) is 0 Å². The summed E-state index contributed by atoms with van der Waals surface area (Å²) in [4.78, 5) is 5.21. The number of fused-ring (bicyclic) bond motifs is 13. The van der Waals surface area contributed by atoms with Gasteiger partial charge in [0.1, 0.15) is 0 Å². The molecule has 0 radical (unpaired) electrons. The maximum Gasteiger partial charge on any atom is 0.252 e. The van der Waals surface area contributed by atoms with Crippen LogP contribution in [0.2, 0.25) is 0 Å². The van der Waals surface area contributed by atoms with Crippen molar-refractivity contribution < 1.29 is 0 Å². The van der Waals surface area contributed by atoms with Gasteiger partial charge in [-0.15, -0.1) is 0 Å². The Kier molecular flexibility index (Phi) is 14.0. The molecule has 0 spiro atoms. The number of hydrogen-bond acceptors (Lipinski definition) is 2. The van der Waals surface area contributed by atoms with Crippen molar-refractivity contribution in [2.24, 2.45) is 0 Å². The summed E-state index contributed by atoms with van der Waals surface area (Å²) >= 11 is 0. The molecule has 0 bridgehead atoms. The summed E-state index contributed by atoms with van der Waals surface area (Å²) in [6, 6.07) is 149. The van der Waals surface area contributed by atoms with Crippen molar-refractivity contribution in [1.29, 1.82) is 0 Å². The Balaban J connectivity index is 0.841. The molecule has 0 atom stereocenters. The van der Waals surface area contributed by atoms with Gasteiger partial charge in [0.15, 0.2) is 0 Å². The lowest BCUT2D eigenvalue weighted by atomic mass is 9.33. The third-order valence-electron chi connectivity index (χ3n) is 22.8. The van der Waals surface area contributed by atoms with Crippen LogP contribution in [0, 0.1) is 0 Å². The largest absolute Gasteiger partial charge is 0.311 e. The smallest absolute Gasteiger partial charge is 0.252 e. The predicted molar refractivity (Wildman–Crippen MR) is 456 cm³/mol. The minimum Gasteiger partial charge on any atom is -0.311 e. The summed E-state index contributed by atoms with van der Waals surface area (Å²) in [5, 5.41) is 7.30. The van der Waals surface area contributed by atoms with Crippen molar-refractivity contribution in [1.82, 2.24) is 13.7 Å². The van der Waals surface area contributed by atoms with E-state index in [2.05, 4.69) is 424 Å². The fourth-order valence-electron chi connectivity index (χ4n) is 18.2. The van der Waals surface area contributed by atoms with Gasteiger partial charge in [-0.05, 0) is 180 Å². The molecular weight excluding hydrogens is 1310 g/mol. The molecule has 20 aromatic rings. The average molecular weight is 1370 g/mol. The number of rotatable bonds is 11. The zero-order valence-electron chi connectivity index (χ0n) is 58.9. The van der Waals surface area contributed by atoms with E-state index in [1.807, 2.05) is 0 Å². The Morgan fingerprint density at radius 2 is 0.426 bits per heavy atom. The van der Waals surface area contributed by atoms with Crippen LogP contribution in [0.4, 0.5) is 34.1 Å². The summed E-state index contributed by atoms with van der Waals surface area (Å²) in [7, 11) is 0. The van der Waals surface area contributed by atoms with Gasteiger partial charge in [-0.2, -0.15) is 0 Å². The monoisotopic (exact) mass is 1370 g/mol. The van der Waals surface area contributed by atoms with Gasteiger partial charge in [0.2, 0.25) is 0 Å². The first-order valence-electron chi connectivity index (χ1n) is 37.3. The molecule has 17 aromatic carbocycles. The third kappa shape index (κ3) is 9.53. The first kappa shape index (κ1) is 61.3. The fourth-order valence-corrected chi connectivity index (χ4v) is 18.2. The van der Waals surface area contributed by atoms with Crippen LogP contribution in [-0.4, -0.2) is 20.4 Å². The van der Waals surface area contributed by atoms with Gasteiger partial charge in [0, 0.05) is 77.8 Å². The van der Waals surface area contributed by atoms with Gasteiger partial charge < -0.3 is 23.5 Å². The van der Waals surface area contributed by atoms with Crippen molar-refractivity contribution in [3.63, 3.8) is 0 Å². The predicted octanol–water partition coefficient (Wildman–Crippen LogP) is 25.1. The van der Waals surface area contributed by atoms with Crippen molar-refractivity contribution in [3.05, 3.63) is 400 Å². The standard InChI is InChI=1S/C102H66BN5/c1-5-27-67(28-6-1)78-41-25-42-79(68-29-7-2-8-30-68)100(78)71-51-55-73(56-52-71)104-96-63-75(106-90-45-19-13-35-82(90)83-36-14-20-46-91(83)106)59-61-88(96)103-89-62-60-76(107-92-47-21-15-37-84(92)85-38-16-22-48-93(85)107)64-97(89)105(99-66-77(65-98(104)102(99)103)108-94-49-23-17-39-86(94)87-40-18-24-50-95(87)108)74-57-53-72(54-58-74)101-80(69-31-9-3-10-32-69)43-26-44-81(101)70-33-11-4-12-34-70/h1-66H. The summed E-state index contributed by atoms with van der Waals surface area (Å²) < 4.78 is 7.48. The Morgan fingerprint density at radius 3 is 0.722 bits per heavy atom. The Bertz CT molecular complexity index is 6340. The Labute approximate surface area is 626 Å². The van der Waals surface area contributed by atoms with E-state index in [1.165, 1.54) is 104 Å². The number of nitrogens with zero attached hydrogens (tertiary/aromatic N) is 5. The lowest BCUT2D eigenvalue weighted by Crippen LogP contribution is -2.61. The lowest BCUT2D eigenvalue weighted by Gasteiger charge is -2.44. The zero-order valence-corrected chi connectivity index (χ0v) is 58.9. The van der Waals surface area contributed by atoms with Gasteiger partial charge in [-0.1, -0.05) is 303 Å². The highest BCUT2D eigenvalue weighted by Crippen LogP contribution is 2.51. The van der Waals surface area contributed by atoms with Crippen LogP contribution >= 0.6 is 0 Å². The molecule has 3 aromatic heterocycles. The van der Waals surface area contributed by atoms with Crippen LogP contribution in [0.1, 0.15) is 0 Å². The molecule has 502 valence electrons. The molecule has 0 saturated heterocycles. The van der Waals surface area contributed by atoms with Crippen LogP contribution < -0.4 is 26.2 Å². The zero-order chi connectivity index (χ0) is 70.9. The van der Waals surface area contributed by atoms with Crippen molar-refractivity contribution in [2.75, 3.05) is 9.80 Å². The number of hydrogen-bond donors (Lipinski definition) is 0. The molecule has 2 aliphatic heterocycles. The number of aromatic nitrogens is 3. The molecule has 0 saturated carbocycles. The van der Waals surface area contributed by atoms with Crippen LogP contribution in [-0.2, 0) is 0 Å². The van der Waals surface area contributed by atoms with Crippen LogP contribution in [0.15, 0.2) is 400 Å². The highest BCUT2D eigenvalue weighted by atomic mass is 15.2. The summed E-state index contributed by atoms with van der Waals surface area (Å²) in [6.07, 6.45) is 0. The van der Waals surface area contributed by atoms with E-state index in [0.29, 0.717) is 0 Å².